The molecule has 3 aromatic carbocycles. The number of aliphatic hydroxyl groups is 1. The van der Waals surface area contributed by atoms with Crippen molar-refractivity contribution in [2.45, 2.75) is 64.1 Å². The standard InChI is InChI=1S/C37H46ClN3O8/c1-4-5-19-48-35(44)29-13-9-10-17-37(29,39)41(36(45)46)31-20-25(14-15-28(31)26-11-7-6-8-12-26)16-18-40(2)34(43)24-49-33-22-32(47-3)27(23-42)21-30(33)38/h6-8,11-12,14-15,20-22,29,42H,4-5,9-10,13,16-19,23-24,39H2,1-3H3,(H,45,46). The third-order valence-electron chi connectivity index (χ3n) is 8.96. The summed E-state index contributed by atoms with van der Waals surface area (Å²) < 4.78 is 16.5. The molecule has 0 bridgehead atoms. The van der Waals surface area contributed by atoms with E-state index in [1.54, 1.807) is 13.1 Å². The zero-order valence-corrected chi connectivity index (χ0v) is 29.1. The highest BCUT2D eigenvalue weighted by molar-refractivity contribution is 6.32. The first-order valence-electron chi connectivity index (χ1n) is 16.5. The highest BCUT2D eigenvalue weighted by Crippen LogP contribution is 2.42. The Bertz CT molecular complexity index is 1600. The minimum absolute atomic E-state index is 0.237. The van der Waals surface area contributed by atoms with Gasteiger partial charge in [0.1, 0.15) is 17.2 Å². The lowest BCUT2D eigenvalue weighted by Crippen LogP contribution is -2.66. The van der Waals surface area contributed by atoms with Crippen molar-refractivity contribution in [1.29, 1.82) is 0 Å². The zero-order chi connectivity index (χ0) is 35.6. The van der Waals surface area contributed by atoms with E-state index in [2.05, 4.69) is 0 Å². The molecule has 0 aliphatic heterocycles. The van der Waals surface area contributed by atoms with Crippen LogP contribution in [0.25, 0.3) is 11.1 Å². The van der Waals surface area contributed by atoms with Crippen LogP contribution in [0.15, 0.2) is 60.7 Å². The van der Waals surface area contributed by atoms with Gasteiger partial charge in [-0.15, -0.1) is 0 Å². The predicted octanol–water partition coefficient (Wildman–Crippen LogP) is 6.26. The summed E-state index contributed by atoms with van der Waals surface area (Å²) in [5.74, 6) is -0.982. The highest BCUT2D eigenvalue weighted by atomic mass is 35.5. The van der Waals surface area contributed by atoms with E-state index >= 15 is 0 Å². The molecule has 4 rings (SSSR count). The molecule has 1 saturated carbocycles. The van der Waals surface area contributed by atoms with Crippen molar-refractivity contribution >= 4 is 35.3 Å². The SMILES string of the molecule is CCCCOC(=O)C1CCCCC1(N)N(C(=O)O)c1cc(CCN(C)C(=O)COc2cc(OC)c(CO)cc2Cl)ccc1-c1ccccc1. The van der Waals surface area contributed by atoms with Gasteiger partial charge in [-0.05, 0) is 55.4 Å². The normalized spacial score (nSPS) is 17.2. The second-order valence-corrected chi connectivity index (χ2v) is 12.7. The minimum atomic E-state index is -1.53. The van der Waals surface area contributed by atoms with Crippen molar-refractivity contribution in [1.82, 2.24) is 4.90 Å². The van der Waals surface area contributed by atoms with E-state index in [0.29, 0.717) is 61.2 Å². The first-order chi connectivity index (χ1) is 23.5. The van der Waals surface area contributed by atoms with Crippen LogP contribution >= 0.6 is 11.6 Å². The molecule has 4 N–H and O–H groups in total. The van der Waals surface area contributed by atoms with E-state index in [9.17, 15) is 24.6 Å². The second kappa shape index (κ2) is 17.4. The van der Waals surface area contributed by atoms with Crippen LogP contribution in [-0.2, 0) is 27.4 Å². The fourth-order valence-electron chi connectivity index (χ4n) is 6.14. The van der Waals surface area contributed by atoms with Crippen molar-refractivity contribution in [2.24, 2.45) is 11.7 Å². The largest absolute Gasteiger partial charge is 0.496 e. The van der Waals surface area contributed by atoms with Gasteiger partial charge < -0.3 is 35.1 Å². The molecule has 0 aromatic heterocycles. The quantitative estimate of drug-likeness (QED) is 0.0950. The van der Waals surface area contributed by atoms with Crippen molar-refractivity contribution in [3.63, 3.8) is 0 Å². The maximum Gasteiger partial charge on any atom is 0.413 e. The number of methoxy groups -OCH3 is 1. The van der Waals surface area contributed by atoms with E-state index in [0.717, 1.165) is 28.9 Å². The summed E-state index contributed by atoms with van der Waals surface area (Å²) in [6, 6.07) is 18.0. The summed E-state index contributed by atoms with van der Waals surface area (Å²) in [7, 11) is 3.11. The first kappa shape index (κ1) is 37.5. The Balaban J connectivity index is 1.58. The summed E-state index contributed by atoms with van der Waals surface area (Å²) in [4.78, 5) is 42.2. The number of halogens is 1. The number of ether oxygens (including phenoxy) is 3. The van der Waals surface area contributed by atoms with Crippen LogP contribution in [0.1, 0.15) is 56.6 Å². The number of carbonyl (C=O) groups is 3. The molecule has 1 aliphatic rings. The van der Waals surface area contributed by atoms with E-state index in [1.165, 1.54) is 24.1 Å². The van der Waals surface area contributed by atoms with Gasteiger partial charge in [-0.25, -0.2) is 4.79 Å². The summed E-state index contributed by atoms with van der Waals surface area (Å²) in [6.45, 7) is 2.02. The summed E-state index contributed by atoms with van der Waals surface area (Å²) in [5, 5.41) is 20.5. The summed E-state index contributed by atoms with van der Waals surface area (Å²) in [6.07, 6.45) is 2.82. The summed E-state index contributed by atoms with van der Waals surface area (Å²) in [5.41, 5.74) is 8.56. The Morgan fingerprint density at radius 1 is 1.06 bits per heavy atom. The molecule has 12 heteroatoms. The van der Waals surface area contributed by atoms with Crippen LogP contribution in [0.5, 0.6) is 11.5 Å². The zero-order valence-electron chi connectivity index (χ0n) is 28.3. The van der Waals surface area contributed by atoms with Gasteiger partial charge in [0.2, 0.25) is 0 Å². The van der Waals surface area contributed by atoms with Crippen molar-refractivity contribution in [2.75, 3.05) is 38.8 Å². The van der Waals surface area contributed by atoms with Crippen LogP contribution in [0.2, 0.25) is 5.02 Å². The lowest BCUT2D eigenvalue weighted by atomic mass is 9.77. The average molecular weight is 696 g/mol. The van der Waals surface area contributed by atoms with Gasteiger partial charge in [-0.1, -0.05) is 73.8 Å². The lowest BCUT2D eigenvalue weighted by Gasteiger charge is -2.46. The Morgan fingerprint density at radius 2 is 1.82 bits per heavy atom. The van der Waals surface area contributed by atoms with E-state index in [4.69, 9.17) is 31.5 Å². The van der Waals surface area contributed by atoms with Crippen molar-refractivity contribution in [3.05, 3.63) is 76.8 Å². The topological polar surface area (TPSA) is 152 Å². The van der Waals surface area contributed by atoms with Gasteiger partial charge in [0, 0.05) is 30.8 Å². The van der Waals surface area contributed by atoms with E-state index in [1.807, 2.05) is 49.4 Å². The Labute approximate surface area is 292 Å². The van der Waals surface area contributed by atoms with Crippen LogP contribution in [-0.4, -0.2) is 72.7 Å². The fourth-order valence-corrected chi connectivity index (χ4v) is 6.39. The molecule has 264 valence electrons. The van der Waals surface area contributed by atoms with Gasteiger partial charge >= 0.3 is 12.1 Å². The maximum atomic E-state index is 13.3. The molecule has 2 amide bonds. The molecule has 49 heavy (non-hydrogen) atoms. The molecule has 3 aromatic rings. The van der Waals surface area contributed by atoms with Crippen LogP contribution in [0.3, 0.4) is 0 Å². The molecule has 2 atom stereocenters. The number of esters is 1. The maximum absolute atomic E-state index is 13.3. The number of benzene rings is 3. The van der Waals surface area contributed by atoms with Crippen molar-refractivity contribution < 1.29 is 38.8 Å². The van der Waals surface area contributed by atoms with Crippen LogP contribution in [0.4, 0.5) is 10.5 Å². The number of aliphatic hydroxyl groups excluding tert-OH is 1. The second-order valence-electron chi connectivity index (χ2n) is 12.3. The Kier molecular flexibility index (Phi) is 13.3. The molecule has 11 nitrogen and oxygen atoms in total. The number of hydrogen-bond acceptors (Lipinski definition) is 8. The molecular formula is C37H46ClN3O8. The van der Waals surface area contributed by atoms with Crippen molar-refractivity contribution in [3.8, 4) is 22.6 Å². The lowest BCUT2D eigenvalue weighted by molar-refractivity contribution is -0.152. The highest BCUT2D eigenvalue weighted by Gasteiger charge is 2.50. The first-order valence-corrected chi connectivity index (χ1v) is 16.9. The molecule has 0 radical (unpaired) electrons. The smallest absolute Gasteiger partial charge is 0.413 e. The average Bonchev–Trinajstić information content (AvgIpc) is 3.10. The van der Waals surface area contributed by atoms with Gasteiger partial charge in [0.25, 0.3) is 5.91 Å². The van der Waals surface area contributed by atoms with Gasteiger partial charge in [-0.3, -0.25) is 14.5 Å². The van der Waals surface area contributed by atoms with Crippen LogP contribution in [0, 0.1) is 5.92 Å². The number of nitrogens with zero attached hydrogens (tertiary/aromatic N) is 2. The third kappa shape index (κ3) is 9.03. The van der Waals surface area contributed by atoms with E-state index in [-0.39, 0.29) is 36.5 Å². The number of likely N-dealkylation sites (N-methyl/N-ethyl adjacent to an activating group) is 1. The van der Waals surface area contributed by atoms with Gasteiger partial charge in [0.15, 0.2) is 6.61 Å². The monoisotopic (exact) mass is 695 g/mol. The number of anilines is 1. The van der Waals surface area contributed by atoms with E-state index < -0.39 is 23.6 Å². The number of nitrogens with two attached hydrogens (primary N) is 1. The van der Waals surface area contributed by atoms with Gasteiger partial charge in [0.05, 0.1) is 37.0 Å². The minimum Gasteiger partial charge on any atom is -0.496 e. The Morgan fingerprint density at radius 3 is 2.49 bits per heavy atom. The molecule has 1 aliphatic carbocycles. The fraction of sp³-hybridized carbons (Fsp3) is 0.432. The van der Waals surface area contributed by atoms with Crippen LogP contribution < -0.4 is 20.1 Å². The number of hydrogen-bond donors (Lipinski definition) is 3. The number of carboxylic acid groups (broad SMARTS) is 1. The molecule has 2 unspecified atom stereocenters. The molecule has 0 spiro atoms. The van der Waals surface area contributed by atoms with Gasteiger partial charge in [-0.2, -0.15) is 0 Å². The molecular weight excluding hydrogens is 650 g/mol. The Hall–Kier alpha value is -4.32. The molecule has 0 saturated heterocycles. The number of amides is 2. The number of carbonyl (C=O) groups excluding carboxylic acids is 2. The molecule has 0 heterocycles. The number of unbranched alkanes of at least 4 members (excludes halogenated alkanes) is 1. The number of rotatable bonds is 15. The third-order valence-corrected chi connectivity index (χ3v) is 9.26. The predicted molar refractivity (Wildman–Crippen MR) is 188 cm³/mol. The summed E-state index contributed by atoms with van der Waals surface area (Å²) >= 11 is 6.28. The molecule has 1 fully saturated rings.